The van der Waals surface area contributed by atoms with Crippen LogP contribution in [0.25, 0.3) is 0 Å². The number of nitro benzene ring substituents is 1. The van der Waals surface area contributed by atoms with Crippen LogP contribution in [0.15, 0.2) is 29.9 Å². The van der Waals surface area contributed by atoms with Gasteiger partial charge in [-0.3, -0.25) is 15.1 Å². The van der Waals surface area contributed by atoms with Crippen molar-refractivity contribution in [1.29, 1.82) is 0 Å². The van der Waals surface area contributed by atoms with Crippen molar-refractivity contribution in [2.45, 2.75) is 6.54 Å². The maximum Gasteiger partial charge on any atom is 0.271 e. The van der Waals surface area contributed by atoms with Crippen molar-refractivity contribution in [3.63, 3.8) is 0 Å². The molecule has 0 saturated heterocycles. The van der Waals surface area contributed by atoms with E-state index in [-0.39, 0.29) is 11.4 Å². The van der Waals surface area contributed by atoms with Crippen LogP contribution in [-0.2, 0) is 6.54 Å². The van der Waals surface area contributed by atoms with E-state index in [9.17, 15) is 14.5 Å². The van der Waals surface area contributed by atoms with E-state index in [1.54, 1.807) is 11.7 Å². The van der Waals surface area contributed by atoms with Crippen molar-refractivity contribution in [2.24, 2.45) is 0 Å². The minimum Gasteiger partial charge on any atom is -0.378 e. The lowest BCUT2D eigenvalue weighted by Crippen LogP contribution is -2.01. The van der Waals surface area contributed by atoms with Gasteiger partial charge in [0, 0.05) is 23.2 Å². The van der Waals surface area contributed by atoms with E-state index < -0.39 is 10.7 Å². The second-order valence-electron chi connectivity index (χ2n) is 3.24. The molecule has 0 aliphatic rings. The molecule has 0 spiro atoms. The van der Waals surface area contributed by atoms with Crippen LogP contribution in [0.3, 0.4) is 0 Å². The Labute approximate surface area is 100 Å². The van der Waals surface area contributed by atoms with Crippen molar-refractivity contribution in [3.05, 3.63) is 50.7 Å². The van der Waals surface area contributed by atoms with Gasteiger partial charge in [-0.25, -0.2) is 4.39 Å². The number of nitrogens with one attached hydrogen (secondary N) is 1. The number of hydrogen-bond acceptors (Lipinski definition) is 5. The van der Waals surface area contributed by atoms with Gasteiger partial charge < -0.3 is 5.32 Å². The van der Waals surface area contributed by atoms with Crippen molar-refractivity contribution < 1.29 is 9.31 Å². The molecule has 0 bridgehead atoms. The molecule has 1 N–H and O–H groups in total. The number of nitro groups is 1. The third-order valence-electron chi connectivity index (χ3n) is 2.10. The summed E-state index contributed by atoms with van der Waals surface area (Å²) >= 11 is 1.43. The van der Waals surface area contributed by atoms with Gasteiger partial charge in [0.15, 0.2) is 0 Å². The molecule has 0 saturated carbocycles. The first-order valence-electron chi connectivity index (χ1n) is 4.72. The molecule has 0 fully saturated rings. The van der Waals surface area contributed by atoms with Crippen LogP contribution in [-0.4, -0.2) is 9.91 Å². The molecule has 88 valence electrons. The normalized spacial score (nSPS) is 10.2. The molecule has 0 atom stereocenters. The summed E-state index contributed by atoms with van der Waals surface area (Å²) in [6.07, 6.45) is 1.66. The predicted molar refractivity (Wildman–Crippen MR) is 62.5 cm³/mol. The topological polar surface area (TPSA) is 68.1 Å². The van der Waals surface area contributed by atoms with E-state index in [2.05, 4.69) is 10.3 Å². The minimum absolute atomic E-state index is 0.118. The Kier molecular flexibility index (Phi) is 3.29. The molecule has 0 radical (unpaired) electrons. The van der Waals surface area contributed by atoms with E-state index in [0.717, 1.165) is 17.0 Å². The lowest BCUT2D eigenvalue weighted by molar-refractivity contribution is -0.384. The second-order valence-corrected chi connectivity index (χ2v) is 4.21. The predicted octanol–water partition coefficient (Wildman–Crippen LogP) is 2.80. The fraction of sp³-hybridized carbons (Fsp3) is 0.100. The van der Waals surface area contributed by atoms with Gasteiger partial charge in [-0.15, -0.1) is 11.3 Å². The van der Waals surface area contributed by atoms with Gasteiger partial charge >= 0.3 is 0 Å². The summed E-state index contributed by atoms with van der Waals surface area (Å²) in [6, 6.07) is 3.39. The zero-order valence-corrected chi connectivity index (χ0v) is 9.41. The number of non-ortho nitro benzene ring substituents is 1. The largest absolute Gasteiger partial charge is 0.378 e. The van der Waals surface area contributed by atoms with Gasteiger partial charge in [0.05, 0.1) is 22.7 Å². The molecule has 2 rings (SSSR count). The van der Waals surface area contributed by atoms with E-state index in [4.69, 9.17) is 0 Å². The molecule has 17 heavy (non-hydrogen) atoms. The quantitative estimate of drug-likeness (QED) is 0.672. The molecule has 5 nitrogen and oxygen atoms in total. The van der Waals surface area contributed by atoms with E-state index in [1.165, 1.54) is 17.4 Å². The summed E-state index contributed by atoms with van der Waals surface area (Å²) in [5.74, 6) is -0.514. The van der Waals surface area contributed by atoms with Gasteiger partial charge in [-0.1, -0.05) is 0 Å². The number of halogens is 1. The molecular formula is C10H8FN3O2S. The Morgan fingerprint density at radius 3 is 3.00 bits per heavy atom. The van der Waals surface area contributed by atoms with Crippen LogP contribution in [0.4, 0.5) is 15.8 Å². The van der Waals surface area contributed by atoms with E-state index >= 15 is 0 Å². The highest BCUT2D eigenvalue weighted by atomic mass is 32.1. The summed E-state index contributed by atoms with van der Waals surface area (Å²) in [7, 11) is 0. The summed E-state index contributed by atoms with van der Waals surface area (Å²) in [5, 5.41) is 13.3. The molecule has 0 aliphatic carbocycles. The zero-order chi connectivity index (χ0) is 12.3. The number of rotatable bonds is 4. The zero-order valence-electron chi connectivity index (χ0n) is 8.59. The molecule has 0 unspecified atom stereocenters. The molecule has 1 heterocycles. The molecular weight excluding hydrogens is 245 g/mol. The highest BCUT2D eigenvalue weighted by Gasteiger charge is 2.10. The Morgan fingerprint density at radius 1 is 1.53 bits per heavy atom. The number of aromatic nitrogens is 1. The Hall–Kier alpha value is -2.02. The lowest BCUT2D eigenvalue weighted by atomic mass is 10.2. The summed E-state index contributed by atoms with van der Waals surface area (Å²) in [6.45, 7) is 0.392. The number of hydrogen-bond donors (Lipinski definition) is 1. The molecule has 2 aromatic rings. The van der Waals surface area contributed by atoms with Gasteiger partial charge in [0.1, 0.15) is 5.82 Å². The minimum atomic E-state index is -0.558. The summed E-state index contributed by atoms with van der Waals surface area (Å²) in [4.78, 5) is 14.8. The monoisotopic (exact) mass is 253 g/mol. The van der Waals surface area contributed by atoms with Gasteiger partial charge in [0.2, 0.25) is 0 Å². The standard InChI is InChI=1S/C10H8FN3O2S/c11-9-2-1-7(14(15)16)3-10(9)13-5-8-4-12-6-17-8/h1-4,6,13H,5H2. The number of benzene rings is 1. The van der Waals surface area contributed by atoms with Crippen molar-refractivity contribution in [3.8, 4) is 0 Å². The van der Waals surface area contributed by atoms with Crippen LogP contribution >= 0.6 is 11.3 Å². The molecule has 1 aromatic heterocycles. The van der Waals surface area contributed by atoms with Crippen molar-refractivity contribution >= 4 is 22.7 Å². The maximum absolute atomic E-state index is 13.4. The molecule has 7 heteroatoms. The molecule has 0 aliphatic heterocycles. The Bertz CT molecular complexity index is 530. The van der Waals surface area contributed by atoms with Gasteiger partial charge in [-0.05, 0) is 6.07 Å². The summed E-state index contributed by atoms with van der Waals surface area (Å²) < 4.78 is 13.4. The van der Waals surface area contributed by atoms with Crippen molar-refractivity contribution in [1.82, 2.24) is 4.98 Å². The van der Waals surface area contributed by atoms with Crippen LogP contribution in [0.1, 0.15) is 4.88 Å². The molecule has 1 aromatic carbocycles. The SMILES string of the molecule is O=[N+]([O-])c1ccc(F)c(NCc2cncs2)c1. The first kappa shape index (κ1) is 11.5. The first-order valence-corrected chi connectivity index (χ1v) is 5.60. The maximum atomic E-state index is 13.4. The smallest absolute Gasteiger partial charge is 0.271 e. The highest BCUT2D eigenvalue weighted by Crippen LogP contribution is 2.22. The Balaban J connectivity index is 2.14. The highest BCUT2D eigenvalue weighted by molar-refractivity contribution is 7.09. The number of nitrogens with zero attached hydrogens (tertiary/aromatic N) is 2. The van der Waals surface area contributed by atoms with Crippen LogP contribution in [0.2, 0.25) is 0 Å². The van der Waals surface area contributed by atoms with Crippen molar-refractivity contribution in [2.75, 3.05) is 5.32 Å². The van der Waals surface area contributed by atoms with E-state index in [1.807, 2.05) is 0 Å². The number of thiazole rings is 1. The average molecular weight is 253 g/mol. The van der Waals surface area contributed by atoms with Crippen LogP contribution in [0, 0.1) is 15.9 Å². The van der Waals surface area contributed by atoms with Gasteiger partial charge in [-0.2, -0.15) is 0 Å². The average Bonchev–Trinajstić information content (AvgIpc) is 2.80. The fourth-order valence-corrected chi connectivity index (χ4v) is 1.81. The van der Waals surface area contributed by atoms with Gasteiger partial charge in [0.25, 0.3) is 5.69 Å². The fourth-order valence-electron chi connectivity index (χ4n) is 1.27. The molecule has 0 amide bonds. The summed E-state index contributed by atoms with van der Waals surface area (Å²) in [5.41, 5.74) is 1.65. The third kappa shape index (κ3) is 2.76. The first-order chi connectivity index (χ1) is 8.16. The third-order valence-corrected chi connectivity index (χ3v) is 2.88. The van der Waals surface area contributed by atoms with Crippen LogP contribution in [0.5, 0.6) is 0 Å². The Morgan fingerprint density at radius 2 is 2.35 bits per heavy atom. The van der Waals surface area contributed by atoms with E-state index in [0.29, 0.717) is 6.54 Å². The lowest BCUT2D eigenvalue weighted by Gasteiger charge is -2.05. The number of anilines is 1. The van der Waals surface area contributed by atoms with Crippen LogP contribution < -0.4 is 5.32 Å². The second kappa shape index (κ2) is 4.88.